The molecule has 2 aromatic rings. The summed E-state index contributed by atoms with van der Waals surface area (Å²) in [5, 5.41) is 11.8. The number of Topliss-reactive ketones (excluding diaryl/α,β-unsaturated/α-hetero) is 1. The van der Waals surface area contributed by atoms with Crippen molar-refractivity contribution in [3.63, 3.8) is 0 Å². The molecule has 5 heteroatoms. The standard InChI is InChI=1S/C19H18N2O3/c1-3-13-4-8-15(9-5-13)21-19(23)17(12-20)18(22)14-6-10-16(24-2)11-7-14/h4-11,17H,3H2,1-2H3,(H,21,23)/t17-/m0/s1. The first-order valence-electron chi connectivity index (χ1n) is 7.56. The van der Waals surface area contributed by atoms with Crippen LogP contribution < -0.4 is 10.1 Å². The predicted molar refractivity (Wildman–Crippen MR) is 90.9 cm³/mol. The molecule has 0 fully saturated rings. The summed E-state index contributed by atoms with van der Waals surface area (Å²) in [5.74, 6) is -1.98. The highest BCUT2D eigenvalue weighted by molar-refractivity contribution is 6.15. The van der Waals surface area contributed by atoms with Gasteiger partial charge in [0, 0.05) is 11.3 Å². The highest BCUT2D eigenvalue weighted by Crippen LogP contribution is 2.17. The van der Waals surface area contributed by atoms with Crippen molar-refractivity contribution in [3.8, 4) is 11.8 Å². The van der Waals surface area contributed by atoms with E-state index in [-0.39, 0.29) is 0 Å². The Morgan fingerprint density at radius 2 is 1.75 bits per heavy atom. The largest absolute Gasteiger partial charge is 0.497 e. The van der Waals surface area contributed by atoms with Crippen LogP contribution in [0.2, 0.25) is 0 Å². The van der Waals surface area contributed by atoms with Gasteiger partial charge in [-0.3, -0.25) is 9.59 Å². The average molecular weight is 322 g/mol. The summed E-state index contributed by atoms with van der Waals surface area (Å²) in [6.45, 7) is 2.03. The van der Waals surface area contributed by atoms with Crippen molar-refractivity contribution in [2.45, 2.75) is 13.3 Å². The summed E-state index contributed by atoms with van der Waals surface area (Å²) in [5.41, 5.74) is 1.98. The molecule has 0 aliphatic rings. The molecule has 0 aliphatic heterocycles. The average Bonchev–Trinajstić information content (AvgIpc) is 2.63. The number of anilines is 1. The lowest BCUT2D eigenvalue weighted by Crippen LogP contribution is -2.28. The smallest absolute Gasteiger partial charge is 0.249 e. The second-order valence-corrected chi connectivity index (χ2v) is 5.19. The highest BCUT2D eigenvalue weighted by atomic mass is 16.5. The number of ketones is 1. The Kier molecular flexibility index (Phi) is 5.69. The molecule has 1 N–H and O–H groups in total. The first kappa shape index (κ1) is 17.2. The number of nitrogens with zero attached hydrogens (tertiary/aromatic N) is 1. The van der Waals surface area contributed by atoms with Gasteiger partial charge in [0.25, 0.3) is 0 Å². The van der Waals surface area contributed by atoms with Gasteiger partial charge >= 0.3 is 0 Å². The maximum absolute atomic E-state index is 12.4. The second-order valence-electron chi connectivity index (χ2n) is 5.19. The van der Waals surface area contributed by atoms with Crippen LogP contribution in [-0.2, 0) is 11.2 Å². The van der Waals surface area contributed by atoms with Gasteiger partial charge in [-0.15, -0.1) is 0 Å². The molecular formula is C19H18N2O3. The number of carbonyl (C=O) groups excluding carboxylic acids is 2. The van der Waals surface area contributed by atoms with Crippen molar-refractivity contribution in [1.82, 2.24) is 0 Å². The van der Waals surface area contributed by atoms with Crippen LogP contribution in [0, 0.1) is 17.2 Å². The molecule has 0 saturated heterocycles. The van der Waals surface area contributed by atoms with Crippen molar-refractivity contribution in [2.24, 2.45) is 5.92 Å². The second kappa shape index (κ2) is 7.93. The van der Waals surface area contributed by atoms with Crippen LogP contribution in [0.25, 0.3) is 0 Å². The van der Waals surface area contributed by atoms with Gasteiger partial charge in [-0.1, -0.05) is 19.1 Å². The summed E-state index contributed by atoms with van der Waals surface area (Å²) in [6.07, 6.45) is 0.894. The predicted octanol–water partition coefficient (Wildman–Crippen LogP) is 3.22. The van der Waals surface area contributed by atoms with E-state index in [4.69, 9.17) is 4.74 Å². The van der Waals surface area contributed by atoms with Crippen molar-refractivity contribution in [3.05, 3.63) is 59.7 Å². The quantitative estimate of drug-likeness (QED) is 0.654. The number of rotatable bonds is 6. The zero-order chi connectivity index (χ0) is 17.5. The number of methoxy groups -OCH3 is 1. The van der Waals surface area contributed by atoms with Crippen LogP contribution in [0.15, 0.2) is 48.5 Å². The Morgan fingerprint density at radius 1 is 1.12 bits per heavy atom. The van der Waals surface area contributed by atoms with Gasteiger partial charge in [-0.25, -0.2) is 0 Å². The SMILES string of the molecule is CCc1ccc(NC(=O)[C@@H](C#N)C(=O)c2ccc(OC)cc2)cc1. The van der Waals surface area contributed by atoms with E-state index < -0.39 is 17.6 Å². The normalized spacial score (nSPS) is 11.2. The molecule has 24 heavy (non-hydrogen) atoms. The van der Waals surface area contributed by atoms with E-state index in [0.717, 1.165) is 12.0 Å². The van der Waals surface area contributed by atoms with Crippen molar-refractivity contribution >= 4 is 17.4 Å². The highest BCUT2D eigenvalue weighted by Gasteiger charge is 2.27. The Balaban J connectivity index is 2.12. The molecule has 2 rings (SSSR count). The van der Waals surface area contributed by atoms with Gasteiger partial charge in [-0.2, -0.15) is 5.26 Å². The first-order valence-corrected chi connectivity index (χ1v) is 7.56. The van der Waals surface area contributed by atoms with E-state index in [9.17, 15) is 14.9 Å². The zero-order valence-electron chi connectivity index (χ0n) is 13.6. The number of nitriles is 1. The molecule has 1 amide bonds. The number of hydrogen-bond acceptors (Lipinski definition) is 4. The molecule has 2 aromatic carbocycles. The van der Waals surface area contributed by atoms with Crippen LogP contribution in [0.4, 0.5) is 5.69 Å². The number of amides is 1. The van der Waals surface area contributed by atoms with Crippen molar-refractivity contribution < 1.29 is 14.3 Å². The Hall–Kier alpha value is -3.13. The van der Waals surface area contributed by atoms with Crippen molar-refractivity contribution in [1.29, 1.82) is 5.26 Å². The monoisotopic (exact) mass is 322 g/mol. The minimum absolute atomic E-state index is 0.291. The van der Waals surface area contributed by atoms with E-state index in [1.54, 1.807) is 30.3 Å². The van der Waals surface area contributed by atoms with E-state index in [1.807, 2.05) is 19.1 Å². The molecule has 0 heterocycles. The molecule has 0 radical (unpaired) electrons. The van der Waals surface area contributed by atoms with Crippen LogP contribution in [-0.4, -0.2) is 18.8 Å². The van der Waals surface area contributed by atoms with Gasteiger partial charge in [0.05, 0.1) is 13.2 Å². The fourth-order valence-electron chi connectivity index (χ4n) is 2.20. The number of hydrogen-bond donors (Lipinski definition) is 1. The molecule has 0 unspecified atom stereocenters. The fourth-order valence-corrected chi connectivity index (χ4v) is 2.20. The lowest BCUT2D eigenvalue weighted by molar-refractivity contribution is -0.117. The molecule has 0 aliphatic carbocycles. The Labute approximate surface area is 140 Å². The third kappa shape index (κ3) is 3.99. The maximum Gasteiger partial charge on any atom is 0.249 e. The van der Waals surface area contributed by atoms with Crippen LogP contribution in [0.5, 0.6) is 5.75 Å². The number of carbonyl (C=O) groups is 2. The number of ether oxygens (including phenoxy) is 1. The van der Waals surface area contributed by atoms with Gasteiger partial charge in [0.1, 0.15) is 5.75 Å². The number of benzene rings is 2. The molecule has 0 saturated carbocycles. The van der Waals surface area contributed by atoms with Gasteiger partial charge in [0.15, 0.2) is 11.7 Å². The zero-order valence-corrected chi connectivity index (χ0v) is 13.6. The summed E-state index contributed by atoms with van der Waals surface area (Å²) >= 11 is 0. The molecule has 0 aromatic heterocycles. The van der Waals surface area contributed by atoms with E-state index in [2.05, 4.69) is 5.32 Å². The van der Waals surface area contributed by atoms with Crippen LogP contribution in [0.3, 0.4) is 0 Å². The van der Waals surface area contributed by atoms with Gasteiger partial charge in [-0.05, 0) is 48.4 Å². The molecule has 0 spiro atoms. The maximum atomic E-state index is 12.4. The topological polar surface area (TPSA) is 79.2 Å². The third-order valence-corrected chi connectivity index (χ3v) is 3.66. The molecular weight excluding hydrogens is 304 g/mol. The lowest BCUT2D eigenvalue weighted by Gasteiger charge is -2.10. The lowest BCUT2D eigenvalue weighted by atomic mass is 9.98. The molecule has 122 valence electrons. The number of nitrogens with one attached hydrogen (secondary N) is 1. The Morgan fingerprint density at radius 3 is 2.25 bits per heavy atom. The van der Waals surface area contributed by atoms with E-state index in [0.29, 0.717) is 17.0 Å². The van der Waals surface area contributed by atoms with E-state index >= 15 is 0 Å². The number of aryl methyl sites for hydroxylation is 1. The first-order chi connectivity index (χ1) is 11.6. The van der Waals surface area contributed by atoms with Gasteiger partial charge in [0.2, 0.25) is 5.91 Å². The van der Waals surface area contributed by atoms with Crippen molar-refractivity contribution in [2.75, 3.05) is 12.4 Å². The summed E-state index contributed by atoms with van der Waals surface area (Å²) in [7, 11) is 1.52. The molecule has 1 atom stereocenters. The van der Waals surface area contributed by atoms with Crippen LogP contribution >= 0.6 is 0 Å². The minimum atomic E-state index is -1.40. The summed E-state index contributed by atoms with van der Waals surface area (Å²) < 4.78 is 5.03. The Bertz CT molecular complexity index is 759. The summed E-state index contributed by atoms with van der Waals surface area (Å²) in [4.78, 5) is 24.6. The van der Waals surface area contributed by atoms with Gasteiger partial charge < -0.3 is 10.1 Å². The molecule has 5 nitrogen and oxygen atoms in total. The minimum Gasteiger partial charge on any atom is -0.497 e. The summed E-state index contributed by atoms with van der Waals surface area (Å²) in [6, 6.07) is 15.4. The van der Waals surface area contributed by atoms with E-state index in [1.165, 1.54) is 19.2 Å². The third-order valence-electron chi connectivity index (χ3n) is 3.66. The van der Waals surface area contributed by atoms with Crippen LogP contribution in [0.1, 0.15) is 22.8 Å². The fraction of sp³-hybridized carbons (Fsp3) is 0.211. The molecule has 0 bridgehead atoms.